The van der Waals surface area contributed by atoms with Crippen molar-refractivity contribution in [3.63, 3.8) is 0 Å². The molecule has 0 saturated heterocycles. The minimum Gasteiger partial charge on any atom is -0.493 e. The van der Waals surface area contributed by atoms with Gasteiger partial charge in [-0.15, -0.1) is 12.4 Å². The van der Waals surface area contributed by atoms with E-state index in [4.69, 9.17) is 19.9 Å². The number of ether oxygens (including phenoxy) is 3. The highest BCUT2D eigenvalue weighted by atomic mass is 35.5. The molecule has 1 fully saturated rings. The summed E-state index contributed by atoms with van der Waals surface area (Å²) in [6.07, 6.45) is 3.57. The Kier molecular flexibility index (Phi) is 7.45. The second-order valence-electron chi connectivity index (χ2n) is 5.49. The molecule has 23 heavy (non-hydrogen) atoms. The van der Waals surface area contributed by atoms with Gasteiger partial charge in [-0.1, -0.05) is 6.42 Å². The molecule has 2 atom stereocenters. The number of halogens is 1. The van der Waals surface area contributed by atoms with Crippen LogP contribution < -0.4 is 25.3 Å². The quantitative estimate of drug-likeness (QED) is 0.857. The van der Waals surface area contributed by atoms with Gasteiger partial charge in [0.05, 0.1) is 27.0 Å². The Labute approximate surface area is 143 Å². The van der Waals surface area contributed by atoms with Crippen LogP contribution >= 0.6 is 12.4 Å². The molecular formula is C16H25ClN2O4. The van der Waals surface area contributed by atoms with Gasteiger partial charge < -0.3 is 25.3 Å². The van der Waals surface area contributed by atoms with Crippen LogP contribution in [0.3, 0.4) is 0 Å². The minimum atomic E-state index is -0.0541. The van der Waals surface area contributed by atoms with Gasteiger partial charge in [0.2, 0.25) is 11.7 Å². The van der Waals surface area contributed by atoms with E-state index in [0.29, 0.717) is 22.9 Å². The first-order chi connectivity index (χ1) is 10.6. The molecule has 1 aromatic rings. The summed E-state index contributed by atoms with van der Waals surface area (Å²) in [5.74, 6) is 1.39. The number of amides is 1. The Hall–Kier alpha value is -1.66. The van der Waals surface area contributed by atoms with Crippen molar-refractivity contribution in [3.05, 3.63) is 12.1 Å². The summed E-state index contributed by atoms with van der Waals surface area (Å²) in [4.78, 5) is 12.4. The number of nitrogens with two attached hydrogens (primary N) is 1. The molecule has 1 saturated carbocycles. The summed E-state index contributed by atoms with van der Waals surface area (Å²) in [5, 5.41) is 2.92. The van der Waals surface area contributed by atoms with Crippen molar-refractivity contribution >= 4 is 24.0 Å². The van der Waals surface area contributed by atoms with E-state index in [9.17, 15) is 4.79 Å². The fraction of sp³-hybridized carbons (Fsp3) is 0.562. The van der Waals surface area contributed by atoms with Crippen molar-refractivity contribution in [3.8, 4) is 17.2 Å². The van der Waals surface area contributed by atoms with Crippen molar-refractivity contribution in [1.82, 2.24) is 0 Å². The fourth-order valence-corrected chi connectivity index (χ4v) is 2.90. The highest BCUT2D eigenvalue weighted by Gasteiger charge is 2.26. The molecule has 0 bridgehead atoms. The summed E-state index contributed by atoms with van der Waals surface area (Å²) in [6, 6.07) is 3.60. The largest absolute Gasteiger partial charge is 0.493 e. The second kappa shape index (κ2) is 8.84. The molecule has 0 aromatic heterocycles. The van der Waals surface area contributed by atoms with Crippen molar-refractivity contribution in [2.24, 2.45) is 11.7 Å². The summed E-state index contributed by atoms with van der Waals surface area (Å²) >= 11 is 0. The second-order valence-corrected chi connectivity index (χ2v) is 5.49. The topological polar surface area (TPSA) is 82.8 Å². The number of rotatable bonds is 5. The van der Waals surface area contributed by atoms with Crippen molar-refractivity contribution in [1.29, 1.82) is 0 Å². The molecular weight excluding hydrogens is 320 g/mol. The third-order valence-corrected chi connectivity index (χ3v) is 4.05. The van der Waals surface area contributed by atoms with E-state index in [1.54, 1.807) is 19.2 Å². The molecule has 1 aliphatic carbocycles. The van der Waals surface area contributed by atoms with Gasteiger partial charge in [-0.3, -0.25) is 4.79 Å². The van der Waals surface area contributed by atoms with Crippen LogP contribution in [0.2, 0.25) is 0 Å². The van der Waals surface area contributed by atoms with E-state index < -0.39 is 0 Å². The molecule has 0 spiro atoms. The van der Waals surface area contributed by atoms with Crippen LogP contribution in [-0.4, -0.2) is 33.3 Å². The number of hydrogen-bond acceptors (Lipinski definition) is 5. The van der Waals surface area contributed by atoms with E-state index in [1.165, 1.54) is 14.2 Å². The molecule has 3 N–H and O–H groups in total. The van der Waals surface area contributed by atoms with Crippen molar-refractivity contribution in [2.45, 2.75) is 31.7 Å². The Morgan fingerprint density at radius 1 is 1.13 bits per heavy atom. The van der Waals surface area contributed by atoms with Crippen LogP contribution in [0, 0.1) is 5.92 Å². The molecule has 7 heteroatoms. The molecule has 0 radical (unpaired) electrons. The van der Waals surface area contributed by atoms with Crippen LogP contribution in [0.25, 0.3) is 0 Å². The van der Waals surface area contributed by atoms with Crippen LogP contribution in [0.4, 0.5) is 5.69 Å². The Bertz CT molecular complexity index is 539. The van der Waals surface area contributed by atoms with Gasteiger partial charge in [0.25, 0.3) is 0 Å². The lowest BCUT2D eigenvalue weighted by atomic mass is 9.85. The monoisotopic (exact) mass is 344 g/mol. The molecule has 0 aliphatic heterocycles. The number of carbonyl (C=O) groups is 1. The van der Waals surface area contributed by atoms with Crippen LogP contribution in [0.15, 0.2) is 12.1 Å². The normalized spacial score (nSPS) is 20.2. The molecule has 1 aromatic carbocycles. The molecule has 2 unspecified atom stereocenters. The molecule has 6 nitrogen and oxygen atoms in total. The van der Waals surface area contributed by atoms with Gasteiger partial charge >= 0.3 is 0 Å². The fourth-order valence-electron chi connectivity index (χ4n) is 2.90. The van der Waals surface area contributed by atoms with E-state index in [0.717, 1.165) is 25.7 Å². The first-order valence-corrected chi connectivity index (χ1v) is 7.46. The molecule has 130 valence electrons. The lowest BCUT2D eigenvalue weighted by Crippen LogP contribution is -2.34. The Morgan fingerprint density at radius 2 is 1.83 bits per heavy atom. The standard InChI is InChI=1S/C16H24N2O4.ClH/c1-20-13-8-7-12(14(21-2)15(13)22-3)18-16(19)10-5-4-6-11(17)9-10;/h7-8,10-11H,4-6,9,17H2,1-3H3,(H,18,19);1H. The average Bonchev–Trinajstić information content (AvgIpc) is 2.54. The highest BCUT2D eigenvalue weighted by molar-refractivity contribution is 5.95. The lowest BCUT2D eigenvalue weighted by molar-refractivity contribution is -0.120. The number of benzene rings is 1. The van der Waals surface area contributed by atoms with Gasteiger partial charge in [0, 0.05) is 12.0 Å². The SMILES string of the molecule is COc1ccc(NC(=O)C2CCCC(N)C2)c(OC)c1OC.Cl. The van der Waals surface area contributed by atoms with Crippen LogP contribution in [-0.2, 0) is 4.79 Å². The van der Waals surface area contributed by atoms with Gasteiger partial charge in [0.15, 0.2) is 11.5 Å². The minimum absolute atomic E-state index is 0. The number of anilines is 1. The Morgan fingerprint density at radius 3 is 2.39 bits per heavy atom. The average molecular weight is 345 g/mol. The van der Waals surface area contributed by atoms with E-state index in [1.807, 2.05) is 0 Å². The zero-order valence-corrected chi connectivity index (χ0v) is 14.6. The van der Waals surface area contributed by atoms with E-state index in [-0.39, 0.29) is 30.3 Å². The maximum atomic E-state index is 12.4. The lowest BCUT2D eigenvalue weighted by Gasteiger charge is -2.26. The third kappa shape index (κ3) is 4.42. The van der Waals surface area contributed by atoms with Crippen molar-refractivity contribution in [2.75, 3.05) is 26.6 Å². The van der Waals surface area contributed by atoms with Crippen molar-refractivity contribution < 1.29 is 19.0 Å². The maximum absolute atomic E-state index is 12.4. The van der Waals surface area contributed by atoms with Crippen LogP contribution in [0.1, 0.15) is 25.7 Å². The summed E-state index contributed by atoms with van der Waals surface area (Å²) in [6.45, 7) is 0. The summed E-state index contributed by atoms with van der Waals surface area (Å²) in [5.41, 5.74) is 6.53. The maximum Gasteiger partial charge on any atom is 0.227 e. The van der Waals surface area contributed by atoms with Gasteiger partial charge in [-0.25, -0.2) is 0 Å². The number of methoxy groups -OCH3 is 3. The third-order valence-electron chi connectivity index (χ3n) is 4.05. The molecule has 1 aliphatic rings. The predicted octanol–water partition coefficient (Wildman–Crippen LogP) is 2.59. The summed E-state index contributed by atoms with van der Waals surface area (Å²) < 4.78 is 15.9. The summed E-state index contributed by atoms with van der Waals surface area (Å²) in [7, 11) is 4.62. The van der Waals surface area contributed by atoms with Gasteiger partial charge in [-0.05, 0) is 31.4 Å². The smallest absolute Gasteiger partial charge is 0.227 e. The van der Waals surface area contributed by atoms with E-state index >= 15 is 0 Å². The Balaban J connectivity index is 0.00000264. The highest BCUT2D eigenvalue weighted by Crippen LogP contribution is 2.42. The van der Waals surface area contributed by atoms with Gasteiger partial charge in [0.1, 0.15) is 0 Å². The molecule has 1 amide bonds. The molecule has 0 heterocycles. The first-order valence-electron chi connectivity index (χ1n) is 7.46. The van der Waals surface area contributed by atoms with Crippen LogP contribution in [0.5, 0.6) is 17.2 Å². The van der Waals surface area contributed by atoms with Gasteiger partial charge in [-0.2, -0.15) is 0 Å². The molecule has 2 rings (SSSR count). The predicted molar refractivity (Wildman–Crippen MR) is 91.9 cm³/mol. The zero-order chi connectivity index (χ0) is 16.1. The number of hydrogen-bond donors (Lipinski definition) is 2. The zero-order valence-electron chi connectivity index (χ0n) is 13.8. The number of carbonyl (C=O) groups excluding carboxylic acids is 1. The first kappa shape index (κ1) is 19.4. The number of nitrogens with one attached hydrogen (secondary N) is 1. The van der Waals surface area contributed by atoms with E-state index in [2.05, 4.69) is 5.32 Å².